The SMILES string of the molecule is Nc1ccc(N(C(=O)C(=O)NCCc2ccc(S(N)(=O)=O)cc2)c2ccccc2)cc1. The summed E-state index contributed by atoms with van der Waals surface area (Å²) in [5, 5.41) is 7.69. The van der Waals surface area contributed by atoms with Gasteiger partial charge in [0.15, 0.2) is 0 Å². The molecule has 3 aromatic rings. The van der Waals surface area contributed by atoms with Crippen LogP contribution in [0, 0.1) is 0 Å². The molecule has 0 aliphatic carbocycles. The van der Waals surface area contributed by atoms with Gasteiger partial charge in [-0.3, -0.25) is 14.5 Å². The van der Waals surface area contributed by atoms with Crippen molar-refractivity contribution >= 4 is 38.9 Å². The number of carbonyl (C=O) groups is 2. The van der Waals surface area contributed by atoms with Crippen LogP contribution in [-0.2, 0) is 26.0 Å². The van der Waals surface area contributed by atoms with Gasteiger partial charge in [-0.25, -0.2) is 13.6 Å². The van der Waals surface area contributed by atoms with Crippen LogP contribution in [0.2, 0.25) is 0 Å². The van der Waals surface area contributed by atoms with Gasteiger partial charge in [0, 0.05) is 23.6 Å². The maximum atomic E-state index is 12.9. The van der Waals surface area contributed by atoms with Gasteiger partial charge in [-0.15, -0.1) is 0 Å². The van der Waals surface area contributed by atoms with Gasteiger partial charge < -0.3 is 11.1 Å². The summed E-state index contributed by atoms with van der Waals surface area (Å²) in [5.74, 6) is -1.50. The monoisotopic (exact) mass is 438 g/mol. The smallest absolute Gasteiger partial charge is 0.320 e. The lowest BCUT2D eigenvalue weighted by Gasteiger charge is -2.22. The largest absolute Gasteiger partial charge is 0.399 e. The molecule has 9 heteroatoms. The highest BCUT2D eigenvalue weighted by molar-refractivity contribution is 7.89. The Hall–Kier alpha value is -3.69. The Labute approximate surface area is 180 Å². The number of sulfonamides is 1. The Morgan fingerprint density at radius 3 is 2.00 bits per heavy atom. The van der Waals surface area contributed by atoms with Crippen LogP contribution in [0.5, 0.6) is 0 Å². The second kappa shape index (κ2) is 9.41. The van der Waals surface area contributed by atoms with Crippen molar-refractivity contribution < 1.29 is 18.0 Å². The van der Waals surface area contributed by atoms with Crippen LogP contribution in [0.25, 0.3) is 0 Å². The molecule has 0 bridgehead atoms. The van der Waals surface area contributed by atoms with E-state index in [1.165, 1.54) is 17.0 Å². The summed E-state index contributed by atoms with van der Waals surface area (Å²) in [7, 11) is -3.76. The maximum Gasteiger partial charge on any atom is 0.320 e. The van der Waals surface area contributed by atoms with Crippen molar-refractivity contribution in [1.82, 2.24) is 5.32 Å². The topological polar surface area (TPSA) is 136 Å². The molecule has 2 amide bonds. The van der Waals surface area contributed by atoms with Crippen LogP contribution < -0.4 is 21.1 Å². The summed E-state index contributed by atoms with van der Waals surface area (Å²) < 4.78 is 22.6. The van der Waals surface area contributed by atoms with Gasteiger partial charge in [0.1, 0.15) is 0 Å². The number of carbonyl (C=O) groups excluding carboxylic acids is 2. The first kappa shape index (κ1) is 22.0. The first-order valence-corrected chi connectivity index (χ1v) is 10.9. The van der Waals surface area contributed by atoms with Gasteiger partial charge in [-0.05, 0) is 60.5 Å². The number of anilines is 3. The van der Waals surface area contributed by atoms with Gasteiger partial charge >= 0.3 is 11.8 Å². The van der Waals surface area contributed by atoms with E-state index in [4.69, 9.17) is 10.9 Å². The van der Waals surface area contributed by atoms with Crippen LogP contribution in [0.1, 0.15) is 5.56 Å². The highest BCUT2D eigenvalue weighted by Gasteiger charge is 2.24. The molecule has 160 valence electrons. The second-order valence-corrected chi connectivity index (χ2v) is 8.32. The third-order valence-electron chi connectivity index (χ3n) is 4.51. The van der Waals surface area contributed by atoms with E-state index < -0.39 is 21.8 Å². The summed E-state index contributed by atoms with van der Waals surface area (Å²) in [5.41, 5.74) is 8.13. The summed E-state index contributed by atoms with van der Waals surface area (Å²) in [6.07, 6.45) is 0.414. The molecule has 0 aliphatic heterocycles. The lowest BCUT2D eigenvalue weighted by Crippen LogP contribution is -2.41. The zero-order valence-electron chi connectivity index (χ0n) is 16.6. The van der Waals surface area contributed by atoms with Gasteiger partial charge in [-0.2, -0.15) is 0 Å². The van der Waals surface area contributed by atoms with Crippen LogP contribution >= 0.6 is 0 Å². The molecule has 0 saturated carbocycles. The number of nitrogens with zero attached hydrogens (tertiary/aromatic N) is 1. The molecule has 3 aromatic carbocycles. The molecule has 0 atom stereocenters. The number of rotatable bonds is 6. The first-order valence-electron chi connectivity index (χ1n) is 9.40. The van der Waals surface area contributed by atoms with Gasteiger partial charge in [0.05, 0.1) is 4.90 Å². The van der Waals surface area contributed by atoms with Crippen molar-refractivity contribution in [2.75, 3.05) is 17.2 Å². The number of nitrogens with one attached hydrogen (secondary N) is 1. The Balaban J connectivity index is 1.69. The molecule has 0 heterocycles. The lowest BCUT2D eigenvalue weighted by molar-refractivity contribution is -0.137. The van der Waals surface area contributed by atoms with Crippen molar-refractivity contribution in [2.24, 2.45) is 5.14 Å². The zero-order valence-corrected chi connectivity index (χ0v) is 17.4. The Morgan fingerprint density at radius 2 is 1.42 bits per heavy atom. The van der Waals surface area contributed by atoms with Gasteiger partial charge in [0.2, 0.25) is 10.0 Å². The fourth-order valence-electron chi connectivity index (χ4n) is 2.93. The minimum Gasteiger partial charge on any atom is -0.399 e. The summed E-state index contributed by atoms with van der Waals surface area (Å²) in [6, 6.07) is 21.5. The minimum absolute atomic E-state index is 0.0115. The average molecular weight is 439 g/mol. The Kier molecular flexibility index (Phi) is 6.68. The van der Waals surface area contributed by atoms with Crippen LogP contribution in [0.15, 0.2) is 83.8 Å². The first-order chi connectivity index (χ1) is 14.8. The highest BCUT2D eigenvalue weighted by Crippen LogP contribution is 2.26. The van der Waals surface area contributed by atoms with E-state index in [0.717, 1.165) is 5.56 Å². The van der Waals surface area contributed by atoms with E-state index in [1.807, 2.05) is 6.07 Å². The molecule has 8 nitrogen and oxygen atoms in total. The number of amides is 2. The molecular weight excluding hydrogens is 416 g/mol. The van der Waals surface area contributed by atoms with E-state index in [0.29, 0.717) is 23.5 Å². The number of nitrogens with two attached hydrogens (primary N) is 2. The number of para-hydroxylation sites is 1. The molecule has 0 saturated heterocycles. The van der Waals surface area contributed by atoms with E-state index >= 15 is 0 Å². The fraction of sp³-hybridized carbons (Fsp3) is 0.0909. The van der Waals surface area contributed by atoms with Crippen LogP contribution in [-0.4, -0.2) is 26.8 Å². The Morgan fingerprint density at radius 1 is 0.839 bits per heavy atom. The predicted molar refractivity (Wildman–Crippen MR) is 119 cm³/mol. The van der Waals surface area contributed by atoms with Crippen LogP contribution in [0.4, 0.5) is 17.1 Å². The molecule has 0 aromatic heterocycles. The second-order valence-electron chi connectivity index (χ2n) is 6.76. The highest BCUT2D eigenvalue weighted by atomic mass is 32.2. The van der Waals surface area contributed by atoms with E-state index in [2.05, 4.69) is 5.32 Å². The van der Waals surface area contributed by atoms with Crippen LogP contribution in [0.3, 0.4) is 0 Å². The Bertz CT molecular complexity index is 1160. The van der Waals surface area contributed by atoms with Crippen molar-refractivity contribution in [2.45, 2.75) is 11.3 Å². The predicted octanol–water partition coefficient (Wildman–Crippen LogP) is 1.94. The number of hydrogen-bond donors (Lipinski definition) is 3. The van der Waals surface area contributed by atoms with E-state index in [-0.39, 0.29) is 11.4 Å². The molecule has 0 aliphatic rings. The van der Waals surface area contributed by atoms with E-state index in [9.17, 15) is 18.0 Å². The van der Waals surface area contributed by atoms with Gasteiger partial charge in [0.25, 0.3) is 0 Å². The number of benzene rings is 3. The lowest BCUT2D eigenvalue weighted by atomic mass is 10.1. The van der Waals surface area contributed by atoms with E-state index in [1.54, 1.807) is 60.7 Å². The molecular formula is C22H22N4O4S. The van der Waals surface area contributed by atoms with Crippen molar-refractivity contribution in [3.63, 3.8) is 0 Å². The molecule has 0 unspecified atom stereocenters. The third kappa shape index (κ3) is 5.68. The molecule has 3 rings (SSSR count). The molecule has 0 fully saturated rings. The molecule has 0 radical (unpaired) electrons. The number of hydrogen-bond acceptors (Lipinski definition) is 5. The van der Waals surface area contributed by atoms with Crippen molar-refractivity contribution in [3.05, 3.63) is 84.4 Å². The minimum atomic E-state index is -3.76. The number of nitrogen functional groups attached to an aromatic ring is 1. The summed E-state index contributed by atoms with van der Waals surface area (Å²) in [4.78, 5) is 26.8. The molecule has 31 heavy (non-hydrogen) atoms. The zero-order chi connectivity index (χ0) is 22.4. The molecule has 0 spiro atoms. The maximum absolute atomic E-state index is 12.9. The summed E-state index contributed by atoms with van der Waals surface area (Å²) >= 11 is 0. The number of primary sulfonamides is 1. The van der Waals surface area contributed by atoms with Gasteiger partial charge in [-0.1, -0.05) is 30.3 Å². The molecule has 5 N–H and O–H groups in total. The fourth-order valence-corrected chi connectivity index (χ4v) is 3.44. The quantitative estimate of drug-likeness (QED) is 0.399. The van der Waals surface area contributed by atoms with Crippen molar-refractivity contribution in [3.8, 4) is 0 Å². The summed E-state index contributed by atoms with van der Waals surface area (Å²) in [6.45, 7) is 0.198. The average Bonchev–Trinajstić information content (AvgIpc) is 2.75. The third-order valence-corrected chi connectivity index (χ3v) is 5.44. The van der Waals surface area contributed by atoms with Crippen molar-refractivity contribution in [1.29, 1.82) is 0 Å². The normalized spacial score (nSPS) is 11.0. The standard InChI is InChI=1S/C22H22N4O4S/c23-17-8-10-19(11-9-17)26(18-4-2-1-3-5-18)22(28)21(27)25-15-14-16-6-12-20(13-7-16)31(24,29)30/h1-13H,14-15,23H2,(H,25,27)(H2,24,29,30).